The molecule has 0 bridgehead atoms. The highest BCUT2D eigenvalue weighted by Crippen LogP contribution is 2.40. The summed E-state index contributed by atoms with van der Waals surface area (Å²) in [6.45, 7) is 0.785. The van der Waals surface area contributed by atoms with Crippen molar-refractivity contribution < 1.29 is 14.7 Å². The van der Waals surface area contributed by atoms with E-state index in [2.05, 4.69) is 5.10 Å². The molecule has 2 N–H and O–H groups in total. The summed E-state index contributed by atoms with van der Waals surface area (Å²) in [5.74, 6) is 0.591. The molecule has 0 aromatic heterocycles. The number of thioether (sulfide) groups is 1. The highest BCUT2D eigenvalue weighted by atomic mass is 32.2. The van der Waals surface area contributed by atoms with E-state index >= 15 is 0 Å². The number of fused-ring (bicyclic) bond motifs is 2. The minimum Gasteiger partial charge on any atom is -0.477 e. The fourth-order valence-corrected chi connectivity index (χ4v) is 4.45. The number of carboxylic acids is 1. The number of hydrazone groups is 1. The van der Waals surface area contributed by atoms with Crippen molar-refractivity contribution in [1.82, 2.24) is 14.8 Å². The maximum absolute atomic E-state index is 11.8. The number of nitrogens with zero attached hydrogens (tertiary/aromatic N) is 4. The van der Waals surface area contributed by atoms with Gasteiger partial charge in [-0.15, -0.1) is 11.8 Å². The first-order valence-electron chi connectivity index (χ1n) is 7.30. The first kappa shape index (κ1) is 14.3. The molecule has 1 amide bonds. The summed E-state index contributed by atoms with van der Waals surface area (Å²) in [5.41, 5.74) is 0.840. The number of rotatable bonds is 3. The second kappa shape index (κ2) is 5.12. The zero-order valence-corrected chi connectivity index (χ0v) is 13.0. The van der Waals surface area contributed by atoms with E-state index in [1.807, 2.05) is 11.0 Å². The molecule has 0 spiro atoms. The quantitative estimate of drug-likeness (QED) is 0.728. The molecule has 9 heteroatoms. The predicted octanol–water partition coefficient (Wildman–Crippen LogP) is 0.456. The van der Waals surface area contributed by atoms with E-state index in [0.717, 1.165) is 11.4 Å². The Kier molecular flexibility index (Phi) is 3.19. The van der Waals surface area contributed by atoms with Crippen LogP contribution in [-0.4, -0.2) is 68.1 Å². The molecule has 1 atom stereocenters. The van der Waals surface area contributed by atoms with Crippen molar-refractivity contribution in [2.75, 3.05) is 18.8 Å². The van der Waals surface area contributed by atoms with Gasteiger partial charge in [0.25, 0.3) is 0 Å². The number of carboxylic acid groups (broad SMARTS) is 1. The molecule has 2 fully saturated rings. The normalized spacial score (nSPS) is 26.2. The van der Waals surface area contributed by atoms with Crippen LogP contribution in [0.2, 0.25) is 0 Å². The number of allylic oxidation sites excluding steroid dienone is 1. The molecule has 2 saturated heterocycles. The van der Waals surface area contributed by atoms with Crippen molar-refractivity contribution in [3.63, 3.8) is 0 Å². The lowest BCUT2D eigenvalue weighted by molar-refractivity contribution is -0.146. The summed E-state index contributed by atoms with van der Waals surface area (Å²) in [5, 5.41) is 23.3. The molecule has 0 radical (unpaired) electrons. The first-order chi connectivity index (χ1) is 11.1. The Hall–Kier alpha value is -2.29. The molecular weight excluding hydrogens is 318 g/mol. The number of carbonyl (C=O) groups excluding carboxylic acids is 1. The van der Waals surface area contributed by atoms with Crippen molar-refractivity contribution in [2.45, 2.75) is 18.2 Å². The van der Waals surface area contributed by atoms with Gasteiger partial charge in [-0.25, -0.2) is 9.80 Å². The smallest absolute Gasteiger partial charge is 0.352 e. The number of amidine groups is 1. The minimum absolute atomic E-state index is 0.0378. The summed E-state index contributed by atoms with van der Waals surface area (Å²) < 4.78 is 0. The Morgan fingerprint density at radius 2 is 2.35 bits per heavy atom. The summed E-state index contributed by atoms with van der Waals surface area (Å²) in [4.78, 5) is 26.8. The van der Waals surface area contributed by atoms with Crippen LogP contribution in [0.3, 0.4) is 0 Å². The van der Waals surface area contributed by atoms with Crippen molar-refractivity contribution in [1.29, 1.82) is 5.41 Å². The van der Waals surface area contributed by atoms with E-state index in [0.29, 0.717) is 37.5 Å². The summed E-state index contributed by atoms with van der Waals surface area (Å²) in [6.07, 6.45) is 4.82. The zero-order chi connectivity index (χ0) is 16.1. The van der Waals surface area contributed by atoms with Gasteiger partial charge in [0.15, 0.2) is 0 Å². The largest absolute Gasteiger partial charge is 0.477 e. The maximum atomic E-state index is 11.8. The van der Waals surface area contributed by atoms with Crippen LogP contribution in [0, 0.1) is 5.41 Å². The molecule has 4 aliphatic heterocycles. The molecule has 0 unspecified atom stereocenters. The Balaban J connectivity index is 1.63. The topological polar surface area (TPSA) is 100 Å². The molecule has 4 heterocycles. The van der Waals surface area contributed by atoms with Crippen LogP contribution in [0.25, 0.3) is 0 Å². The van der Waals surface area contributed by atoms with Crippen LogP contribution in [-0.2, 0) is 9.59 Å². The molecule has 4 aliphatic rings. The van der Waals surface area contributed by atoms with Crippen LogP contribution >= 0.6 is 11.8 Å². The van der Waals surface area contributed by atoms with Crippen LogP contribution in [0.5, 0.6) is 0 Å². The molecule has 8 nitrogen and oxygen atoms in total. The van der Waals surface area contributed by atoms with E-state index in [1.54, 1.807) is 23.0 Å². The van der Waals surface area contributed by atoms with Gasteiger partial charge in [0, 0.05) is 24.9 Å². The van der Waals surface area contributed by atoms with Gasteiger partial charge < -0.3 is 10.0 Å². The van der Waals surface area contributed by atoms with E-state index in [1.165, 1.54) is 4.90 Å². The number of hydrogen-bond acceptors (Lipinski definition) is 6. The lowest BCUT2D eigenvalue weighted by atomic mass is 10.1. The third-order valence-corrected chi connectivity index (χ3v) is 5.53. The van der Waals surface area contributed by atoms with Gasteiger partial charge in [0.2, 0.25) is 5.91 Å². The minimum atomic E-state index is -1.06. The Bertz CT molecular complexity index is 713. The molecule has 0 aromatic carbocycles. The molecule has 23 heavy (non-hydrogen) atoms. The molecule has 4 rings (SSSR count). The highest BCUT2D eigenvalue weighted by Gasteiger charge is 2.46. The van der Waals surface area contributed by atoms with Crippen molar-refractivity contribution in [2.24, 2.45) is 5.10 Å². The van der Waals surface area contributed by atoms with Crippen molar-refractivity contribution in [3.8, 4) is 0 Å². The average Bonchev–Trinajstić information content (AvgIpc) is 2.84. The fraction of sp³-hybridized carbons (Fsp3) is 0.429. The summed E-state index contributed by atoms with van der Waals surface area (Å²) >= 11 is 1.60. The van der Waals surface area contributed by atoms with Crippen molar-refractivity contribution in [3.05, 3.63) is 23.2 Å². The van der Waals surface area contributed by atoms with Crippen LogP contribution < -0.4 is 0 Å². The highest BCUT2D eigenvalue weighted by molar-refractivity contribution is 8.00. The third kappa shape index (κ3) is 2.14. The number of β-lactam (4-membered cyclic amide) rings is 1. The summed E-state index contributed by atoms with van der Waals surface area (Å²) in [6, 6.07) is 0. The van der Waals surface area contributed by atoms with E-state index in [-0.39, 0.29) is 17.0 Å². The number of amides is 1. The lowest BCUT2D eigenvalue weighted by Crippen LogP contribution is -2.54. The molecule has 120 valence electrons. The number of hydrogen-bond donors (Lipinski definition) is 2. The Morgan fingerprint density at radius 3 is 3.09 bits per heavy atom. The second-order valence-corrected chi connectivity index (χ2v) is 6.87. The van der Waals surface area contributed by atoms with Crippen LogP contribution in [0.4, 0.5) is 0 Å². The van der Waals surface area contributed by atoms with Gasteiger partial charge in [-0.05, 0) is 11.6 Å². The standard InChI is InChI=1S/C14H15N5O3S/c15-9-6-17(10-2-1-3-16-19(9)10)5-8-7-23-12-4-11(20)18(12)13(8)14(21)22/h2-3,12,15H,1,4-7H2,(H,21,22)/t12-/m0/s1. The van der Waals surface area contributed by atoms with E-state index in [4.69, 9.17) is 5.41 Å². The monoisotopic (exact) mass is 333 g/mol. The fourth-order valence-electron chi connectivity index (χ4n) is 3.20. The van der Waals surface area contributed by atoms with Crippen LogP contribution in [0.15, 0.2) is 28.3 Å². The lowest BCUT2D eigenvalue weighted by Gasteiger charge is -2.44. The zero-order valence-electron chi connectivity index (χ0n) is 12.2. The predicted molar refractivity (Wildman–Crippen MR) is 84.7 cm³/mol. The van der Waals surface area contributed by atoms with Crippen LogP contribution in [0.1, 0.15) is 12.8 Å². The van der Waals surface area contributed by atoms with Gasteiger partial charge in [-0.2, -0.15) is 5.10 Å². The van der Waals surface area contributed by atoms with E-state index in [9.17, 15) is 14.7 Å². The number of aliphatic carboxylic acids is 1. The molecule has 0 saturated carbocycles. The van der Waals surface area contributed by atoms with Crippen molar-refractivity contribution >= 4 is 35.7 Å². The first-order valence-corrected chi connectivity index (χ1v) is 8.35. The average molecular weight is 333 g/mol. The number of carbonyl (C=O) groups is 2. The van der Waals surface area contributed by atoms with Gasteiger partial charge in [0.05, 0.1) is 18.3 Å². The molecular formula is C14H15N5O3S. The SMILES string of the molecule is N=C1CN(CC2=C(C(=O)O)N3C(=O)C[C@@H]3SC2)C2=CCC=NN12. The number of nitrogens with one attached hydrogen (secondary N) is 1. The second-order valence-electron chi connectivity index (χ2n) is 5.70. The Morgan fingerprint density at radius 1 is 1.52 bits per heavy atom. The van der Waals surface area contributed by atoms with Gasteiger partial charge in [-0.1, -0.05) is 0 Å². The molecule has 0 aromatic rings. The Labute approximate surface area is 136 Å². The molecule has 0 aliphatic carbocycles. The van der Waals surface area contributed by atoms with Gasteiger partial charge >= 0.3 is 5.97 Å². The maximum Gasteiger partial charge on any atom is 0.352 e. The van der Waals surface area contributed by atoms with Gasteiger partial charge in [0.1, 0.15) is 17.4 Å². The van der Waals surface area contributed by atoms with Gasteiger partial charge in [-0.3, -0.25) is 15.1 Å². The third-order valence-electron chi connectivity index (χ3n) is 4.26. The van der Waals surface area contributed by atoms with E-state index < -0.39 is 5.97 Å². The summed E-state index contributed by atoms with van der Waals surface area (Å²) in [7, 11) is 0.